The summed E-state index contributed by atoms with van der Waals surface area (Å²) in [6.07, 6.45) is 6.52. The van der Waals surface area contributed by atoms with Gasteiger partial charge in [-0.15, -0.1) is 4.86 Å². The molecule has 0 fully saturated rings. The molecule has 0 aromatic carbocycles. The Balaban J connectivity index is 2.34. The Kier molecular flexibility index (Phi) is 1.00. The molecule has 2 rings (SSSR count). The third-order valence-electron chi connectivity index (χ3n) is 1.66. The van der Waals surface area contributed by atoms with Crippen LogP contribution in [0, 0.1) is 5.21 Å². The third-order valence-corrected chi connectivity index (χ3v) is 1.66. The Labute approximate surface area is 58.1 Å². The van der Waals surface area contributed by atoms with Crippen molar-refractivity contribution in [2.45, 2.75) is 12.5 Å². The topological polar surface area (TPSA) is 50.5 Å². The third kappa shape index (κ3) is 0.618. The molecule has 0 spiro atoms. The number of hydrogen-bond donors (Lipinski definition) is 1. The largest absolute Gasteiger partial charge is 0.691 e. The maximum atomic E-state index is 10.8. The van der Waals surface area contributed by atoms with E-state index in [0.717, 1.165) is 6.42 Å². The predicted molar refractivity (Wildman–Crippen MR) is 34.8 cm³/mol. The second-order valence-electron chi connectivity index (χ2n) is 2.31. The highest BCUT2D eigenvalue weighted by atomic mass is 16.5. The molecule has 4 heteroatoms. The van der Waals surface area contributed by atoms with Crippen molar-refractivity contribution in [3.63, 3.8) is 0 Å². The number of rotatable bonds is 0. The minimum absolute atomic E-state index is 0.113. The number of hydrogen-bond acceptors (Lipinski definition) is 3. The minimum Gasteiger partial charge on any atom is -0.691 e. The SMILES string of the molecule is [O-][N+]1=NNC2CC=CC=C21. The van der Waals surface area contributed by atoms with Crippen LogP contribution in [-0.4, -0.2) is 10.9 Å². The van der Waals surface area contributed by atoms with Gasteiger partial charge in [-0.25, -0.2) is 0 Å². The summed E-state index contributed by atoms with van der Waals surface area (Å²) in [7, 11) is 0. The fourth-order valence-electron chi connectivity index (χ4n) is 1.11. The first-order valence-corrected chi connectivity index (χ1v) is 3.18. The molecule has 0 radical (unpaired) electrons. The van der Waals surface area contributed by atoms with Crippen LogP contribution < -0.4 is 5.43 Å². The van der Waals surface area contributed by atoms with Gasteiger partial charge in [0.2, 0.25) is 0 Å². The van der Waals surface area contributed by atoms with Crippen molar-refractivity contribution in [3.05, 3.63) is 29.1 Å². The van der Waals surface area contributed by atoms with E-state index in [1.54, 1.807) is 6.08 Å². The molecular weight excluding hydrogens is 130 g/mol. The molecule has 52 valence electrons. The summed E-state index contributed by atoms with van der Waals surface area (Å²) in [4.78, 5) is 0.633. The molecule has 0 saturated heterocycles. The van der Waals surface area contributed by atoms with Gasteiger partial charge in [0.1, 0.15) is 0 Å². The van der Waals surface area contributed by atoms with Gasteiger partial charge >= 0.3 is 0 Å². The molecule has 0 bridgehead atoms. The van der Waals surface area contributed by atoms with Crippen molar-refractivity contribution in [1.29, 1.82) is 0 Å². The van der Waals surface area contributed by atoms with E-state index in [4.69, 9.17) is 0 Å². The minimum atomic E-state index is 0.113. The maximum Gasteiger partial charge on any atom is 0.181 e. The lowest BCUT2D eigenvalue weighted by molar-refractivity contribution is -0.469. The fourth-order valence-corrected chi connectivity index (χ4v) is 1.11. The first kappa shape index (κ1) is 5.46. The zero-order valence-electron chi connectivity index (χ0n) is 5.32. The van der Waals surface area contributed by atoms with Gasteiger partial charge in [-0.2, -0.15) is 5.43 Å². The molecule has 1 atom stereocenters. The standard InChI is InChI=1S/C6H7N3O/c10-9-6-4-2-1-3-5(6)7-8-9/h1-2,4-5,7H,3H2. The summed E-state index contributed by atoms with van der Waals surface area (Å²) in [6, 6.07) is 0.113. The highest BCUT2D eigenvalue weighted by Gasteiger charge is 2.28. The van der Waals surface area contributed by atoms with Crippen molar-refractivity contribution in [3.8, 4) is 0 Å². The van der Waals surface area contributed by atoms with Crippen LogP contribution in [0.5, 0.6) is 0 Å². The van der Waals surface area contributed by atoms with Crippen LogP contribution >= 0.6 is 0 Å². The maximum absolute atomic E-state index is 10.8. The zero-order valence-corrected chi connectivity index (χ0v) is 5.32. The summed E-state index contributed by atoms with van der Waals surface area (Å²) >= 11 is 0. The molecule has 1 unspecified atom stereocenters. The molecule has 10 heavy (non-hydrogen) atoms. The van der Waals surface area contributed by atoms with Crippen LogP contribution in [0.15, 0.2) is 29.1 Å². The molecule has 1 N–H and O–H groups in total. The Morgan fingerprint density at radius 1 is 1.80 bits per heavy atom. The monoisotopic (exact) mass is 137 g/mol. The second kappa shape index (κ2) is 1.83. The summed E-state index contributed by atoms with van der Waals surface area (Å²) < 4.78 is 0. The van der Waals surface area contributed by atoms with Crippen molar-refractivity contribution in [2.75, 3.05) is 0 Å². The lowest BCUT2D eigenvalue weighted by atomic mass is 10.1. The van der Waals surface area contributed by atoms with Gasteiger partial charge in [0, 0.05) is 6.42 Å². The van der Waals surface area contributed by atoms with Gasteiger partial charge in [-0.1, -0.05) is 12.2 Å². The van der Waals surface area contributed by atoms with E-state index < -0.39 is 0 Å². The van der Waals surface area contributed by atoms with Gasteiger partial charge in [-0.3, -0.25) is 0 Å². The molecule has 0 aromatic rings. The quantitative estimate of drug-likeness (QED) is 0.394. The van der Waals surface area contributed by atoms with Crippen molar-refractivity contribution >= 4 is 0 Å². The Bertz CT molecular complexity index is 241. The lowest BCUT2D eigenvalue weighted by Crippen LogP contribution is -2.22. The first-order chi connectivity index (χ1) is 4.88. The number of allylic oxidation sites excluding steroid dienone is 2. The van der Waals surface area contributed by atoms with Crippen LogP contribution in [0.3, 0.4) is 0 Å². The molecule has 0 saturated carbocycles. The normalized spacial score (nSPS) is 28.6. The van der Waals surface area contributed by atoms with Crippen molar-refractivity contribution in [2.24, 2.45) is 5.22 Å². The van der Waals surface area contributed by atoms with Crippen LogP contribution in [0.2, 0.25) is 0 Å². The number of nitrogens with one attached hydrogen (secondary N) is 1. The first-order valence-electron chi connectivity index (χ1n) is 3.18. The number of hydroxylamine groups is 1. The molecule has 1 heterocycles. The molecule has 1 aliphatic heterocycles. The summed E-state index contributed by atoms with van der Waals surface area (Å²) in [6.45, 7) is 0. The molecule has 1 aliphatic carbocycles. The van der Waals surface area contributed by atoms with Gasteiger partial charge in [-0.05, 0) is 6.08 Å². The Morgan fingerprint density at radius 2 is 2.70 bits per heavy atom. The second-order valence-corrected chi connectivity index (χ2v) is 2.31. The molecule has 0 aromatic heterocycles. The van der Waals surface area contributed by atoms with Crippen LogP contribution in [0.25, 0.3) is 0 Å². The van der Waals surface area contributed by atoms with E-state index in [1.165, 1.54) is 0 Å². The predicted octanol–water partition coefficient (Wildman–Crippen LogP) is 0.679. The van der Waals surface area contributed by atoms with Gasteiger partial charge in [0.05, 0.1) is 5.22 Å². The Hall–Kier alpha value is -1.32. The van der Waals surface area contributed by atoms with Gasteiger partial charge in [0.15, 0.2) is 11.7 Å². The van der Waals surface area contributed by atoms with Crippen LogP contribution in [0.4, 0.5) is 0 Å². The van der Waals surface area contributed by atoms with Gasteiger partial charge < -0.3 is 5.21 Å². The van der Waals surface area contributed by atoms with E-state index in [-0.39, 0.29) is 6.04 Å². The smallest absolute Gasteiger partial charge is 0.181 e. The van der Waals surface area contributed by atoms with Crippen molar-refractivity contribution in [1.82, 2.24) is 5.43 Å². The van der Waals surface area contributed by atoms with Crippen LogP contribution in [-0.2, 0) is 0 Å². The fraction of sp³-hybridized carbons (Fsp3) is 0.333. The number of nitrogens with zero attached hydrogens (tertiary/aromatic N) is 2. The lowest BCUT2D eigenvalue weighted by Gasteiger charge is -2.07. The molecule has 2 aliphatic rings. The summed E-state index contributed by atoms with van der Waals surface area (Å²) in [5, 5.41) is 14.3. The van der Waals surface area contributed by atoms with E-state index in [9.17, 15) is 5.21 Å². The zero-order chi connectivity index (χ0) is 6.97. The van der Waals surface area contributed by atoms with E-state index in [1.807, 2.05) is 12.2 Å². The molecule has 0 amide bonds. The van der Waals surface area contributed by atoms with Gasteiger partial charge in [0.25, 0.3) is 0 Å². The van der Waals surface area contributed by atoms with E-state index >= 15 is 0 Å². The summed E-state index contributed by atoms with van der Waals surface area (Å²) in [5.74, 6) is 0. The number of fused-ring (bicyclic) bond motifs is 1. The highest BCUT2D eigenvalue weighted by molar-refractivity contribution is 5.19. The highest BCUT2D eigenvalue weighted by Crippen LogP contribution is 2.17. The molecular formula is C6H7N3O. The van der Waals surface area contributed by atoms with E-state index in [0.29, 0.717) is 10.6 Å². The average molecular weight is 137 g/mol. The average Bonchev–Trinajstić information content (AvgIpc) is 2.34. The molecule has 4 nitrogen and oxygen atoms in total. The van der Waals surface area contributed by atoms with Crippen LogP contribution in [0.1, 0.15) is 6.42 Å². The van der Waals surface area contributed by atoms with Crippen molar-refractivity contribution < 1.29 is 4.86 Å². The Morgan fingerprint density at radius 3 is 3.50 bits per heavy atom. The van der Waals surface area contributed by atoms with E-state index in [2.05, 4.69) is 10.6 Å². The summed E-state index contributed by atoms with van der Waals surface area (Å²) in [5.41, 5.74) is 3.44.